The average molecular weight is 248 g/mol. The van der Waals surface area contributed by atoms with E-state index in [1.165, 1.54) is 0 Å². The van der Waals surface area contributed by atoms with Crippen LogP contribution in [-0.4, -0.2) is 26.7 Å². The summed E-state index contributed by atoms with van der Waals surface area (Å²) in [4.78, 5) is 11.0. The topological polar surface area (TPSA) is 84.5 Å². The van der Waals surface area contributed by atoms with Crippen LogP contribution in [0.1, 0.15) is 27.2 Å². The third-order valence-electron chi connectivity index (χ3n) is 1.47. The molecule has 0 aliphatic rings. The third-order valence-corrected chi connectivity index (χ3v) is 2.50. The highest BCUT2D eigenvalue weighted by Crippen LogP contribution is 1.93. The largest absolute Gasteiger partial charge is 0.446 e. The van der Waals surface area contributed by atoms with Crippen LogP contribution in [0.4, 0.5) is 4.79 Å². The molecule has 1 atom stereocenters. The molecule has 0 bridgehead atoms. The summed E-state index contributed by atoms with van der Waals surface area (Å²) >= 11 is 0. The van der Waals surface area contributed by atoms with Crippen LogP contribution in [0.15, 0.2) is 0 Å². The molecule has 0 aromatic heterocycles. The highest BCUT2D eigenvalue weighted by atomic mass is 32.2. The number of carbonyl (C=O) groups excluding carboxylic acids is 1. The van der Waals surface area contributed by atoms with Gasteiger partial charge in [-0.15, -0.1) is 6.42 Å². The van der Waals surface area contributed by atoms with E-state index in [4.69, 9.17) is 6.42 Å². The first-order valence-corrected chi connectivity index (χ1v) is 6.25. The molecular weight excluding hydrogens is 232 g/mol. The molecule has 0 aliphatic heterocycles. The number of amides is 1. The van der Waals surface area contributed by atoms with Gasteiger partial charge in [0.15, 0.2) is 0 Å². The van der Waals surface area contributed by atoms with Crippen LogP contribution in [0.25, 0.3) is 0 Å². The van der Waals surface area contributed by atoms with Gasteiger partial charge in [0, 0.05) is 0 Å². The normalized spacial score (nSPS) is 12.9. The van der Waals surface area contributed by atoms with Crippen molar-refractivity contribution in [1.29, 1.82) is 0 Å². The monoisotopic (exact) mass is 248 g/mol. The van der Waals surface area contributed by atoms with Crippen molar-refractivity contribution in [3.05, 3.63) is 0 Å². The molecule has 16 heavy (non-hydrogen) atoms. The van der Waals surface area contributed by atoms with Crippen LogP contribution in [-0.2, 0) is 14.9 Å². The van der Waals surface area contributed by atoms with Crippen molar-refractivity contribution in [2.45, 2.75) is 39.3 Å². The van der Waals surface area contributed by atoms with Crippen molar-refractivity contribution in [3.63, 3.8) is 0 Å². The first kappa shape index (κ1) is 14.7. The maximum Gasteiger partial charge on any atom is 0.422 e. The van der Waals surface area contributed by atoms with E-state index in [1.54, 1.807) is 25.5 Å². The summed E-state index contributed by atoms with van der Waals surface area (Å²) < 4.78 is 31.1. The summed E-state index contributed by atoms with van der Waals surface area (Å²) in [5.74, 6) is 2.24. The minimum atomic E-state index is -3.97. The Bertz CT molecular complexity index is 369. The second-order valence-electron chi connectivity index (χ2n) is 3.30. The SMILES string of the molecule is C#CC(CC)NS(=O)(=O)NC(=O)OC(C)C. The van der Waals surface area contributed by atoms with E-state index >= 15 is 0 Å². The quantitative estimate of drug-likeness (QED) is 0.688. The zero-order chi connectivity index (χ0) is 12.8. The molecular formula is C9H16N2O4S. The van der Waals surface area contributed by atoms with Crippen LogP contribution in [0, 0.1) is 12.3 Å². The zero-order valence-electron chi connectivity index (χ0n) is 9.48. The van der Waals surface area contributed by atoms with Gasteiger partial charge < -0.3 is 4.74 Å². The molecule has 7 heteroatoms. The lowest BCUT2D eigenvalue weighted by Crippen LogP contribution is -2.45. The molecule has 0 heterocycles. The van der Waals surface area contributed by atoms with Gasteiger partial charge in [0.05, 0.1) is 12.1 Å². The first-order valence-electron chi connectivity index (χ1n) is 4.77. The molecule has 0 aliphatic carbocycles. The van der Waals surface area contributed by atoms with Crippen molar-refractivity contribution in [3.8, 4) is 12.3 Å². The minimum Gasteiger partial charge on any atom is -0.446 e. The van der Waals surface area contributed by atoms with Gasteiger partial charge >= 0.3 is 16.3 Å². The maximum atomic E-state index is 11.3. The highest BCUT2D eigenvalue weighted by molar-refractivity contribution is 7.88. The molecule has 0 aromatic carbocycles. The Labute approximate surface area is 95.9 Å². The molecule has 1 unspecified atom stereocenters. The third kappa shape index (κ3) is 6.27. The number of rotatable bonds is 5. The van der Waals surface area contributed by atoms with Crippen LogP contribution in [0.3, 0.4) is 0 Å². The van der Waals surface area contributed by atoms with Gasteiger partial charge in [0.1, 0.15) is 0 Å². The zero-order valence-corrected chi connectivity index (χ0v) is 10.3. The molecule has 1 amide bonds. The lowest BCUT2D eigenvalue weighted by atomic mass is 10.3. The van der Waals surface area contributed by atoms with Crippen molar-refractivity contribution in [2.24, 2.45) is 0 Å². The van der Waals surface area contributed by atoms with Crippen molar-refractivity contribution < 1.29 is 17.9 Å². The smallest absolute Gasteiger partial charge is 0.422 e. The van der Waals surface area contributed by atoms with Crippen molar-refractivity contribution >= 4 is 16.3 Å². The lowest BCUT2D eigenvalue weighted by Gasteiger charge is -2.13. The molecule has 0 aromatic rings. The number of hydrogen-bond donors (Lipinski definition) is 2. The van der Waals surface area contributed by atoms with E-state index in [2.05, 4.69) is 15.4 Å². The molecule has 0 saturated heterocycles. The summed E-state index contributed by atoms with van der Waals surface area (Å²) in [6.07, 6.45) is 4.08. The fraction of sp³-hybridized carbons (Fsp3) is 0.667. The Morgan fingerprint density at radius 1 is 1.50 bits per heavy atom. The molecule has 0 spiro atoms. The van der Waals surface area contributed by atoms with Crippen molar-refractivity contribution in [2.75, 3.05) is 0 Å². The van der Waals surface area contributed by atoms with Gasteiger partial charge in [-0.1, -0.05) is 12.8 Å². The average Bonchev–Trinajstić information content (AvgIpc) is 2.11. The molecule has 2 N–H and O–H groups in total. The fourth-order valence-corrected chi connectivity index (χ4v) is 1.74. The predicted molar refractivity (Wildman–Crippen MR) is 59.7 cm³/mol. The van der Waals surface area contributed by atoms with Crippen LogP contribution < -0.4 is 9.44 Å². The molecule has 0 rings (SSSR count). The van der Waals surface area contributed by atoms with Crippen LogP contribution in [0.5, 0.6) is 0 Å². The van der Waals surface area contributed by atoms with E-state index in [-0.39, 0.29) is 0 Å². The van der Waals surface area contributed by atoms with E-state index in [1.807, 2.05) is 0 Å². The lowest BCUT2D eigenvalue weighted by molar-refractivity contribution is 0.121. The Morgan fingerprint density at radius 2 is 2.06 bits per heavy atom. The molecule has 6 nitrogen and oxygen atoms in total. The Balaban J connectivity index is 4.37. The van der Waals surface area contributed by atoms with E-state index < -0.39 is 28.4 Å². The Morgan fingerprint density at radius 3 is 2.44 bits per heavy atom. The molecule has 0 saturated carbocycles. The number of carbonyl (C=O) groups is 1. The summed E-state index contributed by atoms with van der Waals surface area (Å²) in [5, 5.41) is 0. The van der Waals surface area contributed by atoms with E-state index in [0.717, 1.165) is 0 Å². The van der Waals surface area contributed by atoms with Gasteiger partial charge in [-0.05, 0) is 20.3 Å². The van der Waals surface area contributed by atoms with Gasteiger partial charge in [-0.3, -0.25) is 0 Å². The van der Waals surface area contributed by atoms with Gasteiger partial charge in [0.25, 0.3) is 0 Å². The minimum absolute atomic E-state index is 0.398. The summed E-state index contributed by atoms with van der Waals surface area (Å²) in [6.45, 7) is 4.94. The molecule has 0 radical (unpaired) electrons. The van der Waals surface area contributed by atoms with Gasteiger partial charge in [-0.25, -0.2) is 9.52 Å². The first-order chi connectivity index (χ1) is 7.30. The second-order valence-corrected chi connectivity index (χ2v) is 4.75. The standard InChI is InChI=1S/C9H16N2O4S/c1-5-8(6-2)10-16(13,14)11-9(12)15-7(3)4/h1,7-8,10H,6H2,2-4H3,(H,11,12). The van der Waals surface area contributed by atoms with E-state index in [0.29, 0.717) is 6.42 Å². The van der Waals surface area contributed by atoms with Crippen LogP contribution in [0.2, 0.25) is 0 Å². The summed E-state index contributed by atoms with van der Waals surface area (Å²) in [5.41, 5.74) is 0. The number of nitrogens with one attached hydrogen (secondary N) is 2. The number of terminal acetylenes is 1. The van der Waals surface area contributed by atoms with E-state index in [9.17, 15) is 13.2 Å². The second kappa shape index (κ2) is 6.35. The fourth-order valence-electron chi connectivity index (χ4n) is 0.800. The van der Waals surface area contributed by atoms with Crippen LogP contribution >= 0.6 is 0 Å². The van der Waals surface area contributed by atoms with Crippen molar-refractivity contribution in [1.82, 2.24) is 9.44 Å². The van der Waals surface area contributed by atoms with Gasteiger partial charge in [-0.2, -0.15) is 13.1 Å². The predicted octanol–water partition coefficient (Wildman–Crippen LogP) is 0.367. The molecule has 0 fully saturated rings. The molecule has 92 valence electrons. The highest BCUT2D eigenvalue weighted by Gasteiger charge is 2.18. The summed E-state index contributed by atoms with van der Waals surface area (Å²) in [7, 11) is -3.97. The Hall–Kier alpha value is -1.26. The number of ether oxygens (including phenoxy) is 1. The Kier molecular flexibility index (Phi) is 5.85. The van der Waals surface area contributed by atoms with Gasteiger partial charge in [0.2, 0.25) is 0 Å². The number of hydrogen-bond acceptors (Lipinski definition) is 4. The maximum absolute atomic E-state index is 11.3. The summed E-state index contributed by atoms with van der Waals surface area (Å²) in [6, 6.07) is -0.649.